The van der Waals surface area contributed by atoms with Crippen molar-refractivity contribution in [2.24, 2.45) is 5.73 Å². The average molecular weight is 323 g/mol. The van der Waals surface area contributed by atoms with E-state index in [4.69, 9.17) is 15.2 Å². The van der Waals surface area contributed by atoms with Crippen molar-refractivity contribution in [2.75, 3.05) is 33.9 Å². The van der Waals surface area contributed by atoms with Crippen LogP contribution < -0.4 is 15.2 Å². The maximum atomic E-state index is 5.56. The summed E-state index contributed by atoms with van der Waals surface area (Å²) in [6, 6.07) is 4.21. The quantitative estimate of drug-likeness (QED) is 0.903. The van der Waals surface area contributed by atoms with Gasteiger partial charge < -0.3 is 15.2 Å². The number of hydrogen-bond acceptors (Lipinski definition) is 4. The topological polar surface area (TPSA) is 47.7 Å². The molecule has 0 radical (unpaired) electrons. The molecule has 1 aromatic carbocycles. The molecule has 2 rings (SSSR count). The van der Waals surface area contributed by atoms with E-state index >= 15 is 0 Å². The maximum absolute atomic E-state index is 5.56. The molecule has 116 valence electrons. The van der Waals surface area contributed by atoms with Gasteiger partial charge in [-0.05, 0) is 49.2 Å². The molecule has 1 aliphatic heterocycles. The Morgan fingerprint density at radius 3 is 2.25 bits per heavy atom. The summed E-state index contributed by atoms with van der Waals surface area (Å²) in [7, 11) is 3.36. The van der Waals surface area contributed by atoms with Crippen LogP contribution in [0.2, 0.25) is 0 Å². The molecule has 0 saturated carbocycles. The Kier molecular flexibility index (Phi) is 8.98. The third-order valence-electron chi connectivity index (χ3n) is 3.48. The summed E-state index contributed by atoms with van der Waals surface area (Å²) in [5.74, 6) is 1.64. The average Bonchev–Trinajstić information content (AvgIpc) is 2.43. The summed E-state index contributed by atoms with van der Waals surface area (Å²) in [5, 5.41) is 0. The van der Waals surface area contributed by atoms with Crippen molar-refractivity contribution >= 4 is 24.8 Å². The molecule has 0 saturated heterocycles. The minimum absolute atomic E-state index is 0. The summed E-state index contributed by atoms with van der Waals surface area (Å²) in [5.41, 5.74) is 8.28. The van der Waals surface area contributed by atoms with Crippen LogP contribution in [0, 0.1) is 0 Å². The normalized spacial score (nSPS) is 13.8. The van der Waals surface area contributed by atoms with Gasteiger partial charge >= 0.3 is 0 Å². The zero-order valence-corrected chi connectivity index (χ0v) is 13.7. The first-order valence-electron chi connectivity index (χ1n) is 6.44. The Morgan fingerprint density at radius 1 is 1.10 bits per heavy atom. The second-order valence-electron chi connectivity index (χ2n) is 4.64. The predicted molar refractivity (Wildman–Crippen MR) is 86.7 cm³/mol. The molecular formula is C14H24Cl2N2O2. The third kappa shape index (κ3) is 4.42. The minimum Gasteiger partial charge on any atom is -0.493 e. The van der Waals surface area contributed by atoms with Gasteiger partial charge in [-0.3, -0.25) is 4.90 Å². The lowest BCUT2D eigenvalue weighted by Crippen LogP contribution is -2.32. The van der Waals surface area contributed by atoms with Crippen LogP contribution in [0.3, 0.4) is 0 Å². The molecule has 2 N–H and O–H groups in total. The first kappa shape index (κ1) is 19.3. The molecule has 0 amide bonds. The van der Waals surface area contributed by atoms with E-state index in [1.165, 1.54) is 11.1 Å². The highest BCUT2D eigenvalue weighted by molar-refractivity contribution is 5.85. The number of ether oxygens (including phenoxy) is 2. The van der Waals surface area contributed by atoms with Gasteiger partial charge in [0.15, 0.2) is 11.5 Å². The van der Waals surface area contributed by atoms with Crippen molar-refractivity contribution in [3.8, 4) is 11.5 Å². The van der Waals surface area contributed by atoms with Crippen LogP contribution >= 0.6 is 24.8 Å². The second kappa shape index (κ2) is 9.29. The monoisotopic (exact) mass is 322 g/mol. The lowest BCUT2D eigenvalue weighted by molar-refractivity contribution is 0.251. The molecule has 0 fully saturated rings. The van der Waals surface area contributed by atoms with E-state index in [0.717, 1.165) is 50.5 Å². The van der Waals surface area contributed by atoms with Crippen LogP contribution in [-0.4, -0.2) is 38.8 Å². The fraction of sp³-hybridized carbons (Fsp3) is 0.571. The Balaban J connectivity index is 0.00000180. The van der Waals surface area contributed by atoms with Crippen LogP contribution in [0.15, 0.2) is 12.1 Å². The number of fused-ring (bicyclic) bond motifs is 1. The first-order chi connectivity index (χ1) is 8.78. The molecule has 1 aromatic rings. The predicted octanol–water partition coefficient (Wildman–Crippen LogP) is 2.25. The number of benzene rings is 1. The molecule has 6 heteroatoms. The van der Waals surface area contributed by atoms with Crippen LogP contribution in [0.4, 0.5) is 0 Å². The third-order valence-corrected chi connectivity index (χ3v) is 3.48. The Hall–Kier alpha value is -0.680. The van der Waals surface area contributed by atoms with E-state index in [9.17, 15) is 0 Å². The van der Waals surface area contributed by atoms with Gasteiger partial charge in [0.25, 0.3) is 0 Å². The van der Waals surface area contributed by atoms with E-state index in [0.29, 0.717) is 0 Å². The molecule has 20 heavy (non-hydrogen) atoms. The Morgan fingerprint density at radius 2 is 1.70 bits per heavy atom. The van der Waals surface area contributed by atoms with Gasteiger partial charge in [-0.15, -0.1) is 24.8 Å². The summed E-state index contributed by atoms with van der Waals surface area (Å²) >= 11 is 0. The number of hydrogen-bond donors (Lipinski definition) is 1. The molecule has 1 heterocycles. The smallest absolute Gasteiger partial charge is 0.161 e. The van der Waals surface area contributed by atoms with Gasteiger partial charge in [0.2, 0.25) is 0 Å². The molecule has 4 nitrogen and oxygen atoms in total. The molecule has 0 aliphatic carbocycles. The fourth-order valence-corrected chi connectivity index (χ4v) is 2.45. The fourth-order valence-electron chi connectivity index (χ4n) is 2.45. The Bertz CT molecular complexity index is 416. The van der Waals surface area contributed by atoms with Crippen molar-refractivity contribution < 1.29 is 9.47 Å². The lowest BCUT2D eigenvalue weighted by atomic mass is 9.98. The van der Waals surface area contributed by atoms with Gasteiger partial charge in [-0.25, -0.2) is 0 Å². The molecule has 0 aromatic heterocycles. The van der Waals surface area contributed by atoms with Crippen molar-refractivity contribution in [2.45, 2.75) is 19.4 Å². The number of nitrogens with zero attached hydrogens (tertiary/aromatic N) is 1. The van der Waals surface area contributed by atoms with Gasteiger partial charge in [0.1, 0.15) is 0 Å². The number of methoxy groups -OCH3 is 2. The first-order valence-corrected chi connectivity index (χ1v) is 6.44. The van der Waals surface area contributed by atoms with Gasteiger partial charge in [0, 0.05) is 13.1 Å². The number of nitrogens with two attached hydrogens (primary N) is 1. The summed E-state index contributed by atoms with van der Waals surface area (Å²) < 4.78 is 10.7. The minimum atomic E-state index is 0. The van der Waals surface area contributed by atoms with Crippen molar-refractivity contribution in [1.29, 1.82) is 0 Å². The summed E-state index contributed by atoms with van der Waals surface area (Å²) in [6.45, 7) is 3.91. The number of halogens is 2. The van der Waals surface area contributed by atoms with Gasteiger partial charge in [-0.1, -0.05) is 0 Å². The largest absolute Gasteiger partial charge is 0.493 e. The molecular weight excluding hydrogens is 299 g/mol. The summed E-state index contributed by atoms with van der Waals surface area (Å²) in [6.07, 6.45) is 2.13. The second-order valence-corrected chi connectivity index (χ2v) is 4.64. The molecule has 0 unspecified atom stereocenters. The summed E-state index contributed by atoms with van der Waals surface area (Å²) in [4.78, 5) is 2.45. The molecule has 0 bridgehead atoms. The van der Waals surface area contributed by atoms with E-state index in [1.807, 2.05) is 0 Å². The van der Waals surface area contributed by atoms with Crippen LogP contribution in [0.1, 0.15) is 17.5 Å². The van der Waals surface area contributed by atoms with Crippen molar-refractivity contribution in [3.63, 3.8) is 0 Å². The van der Waals surface area contributed by atoms with E-state index in [1.54, 1.807) is 14.2 Å². The van der Waals surface area contributed by atoms with Crippen molar-refractivity contribution in [3.05, 3.63) is 23.3 Å². The lowest BCUT2D eigenvalue weighted by Gasteiger charge is -2.29. The SMILES string of the molecule is COc1cc2c(cc1OC)CN(CCCN)CC2.Cl.Cl. The zero-order valence-electron chi connectivity index (χ0n) is 12.1. The van der Waals surface area contributed by atoms with Crippen LogP contribution in [0.25, 0.3) is 0 Å². The standard InChI is InChI=1S/C14H22N2O2.2ClH/c1-17-13-8-11-4-7-16(6-3-5-15)10-12(11)9-14(13)18-2;;/h8-9H,3-7,10,15H2,1-2H3;2*1H. The van der Waals surface area contributed by atoms with Crippen LogP contribution in [-0.2, 0) is 13.0 Å². The van der Waals surface area contributed by atoms with E-state index < -0.39 is 0 Å². The highest BCUT2D eigenvalue weighted by Gasteiger charge is 2.18. The van der Waals surface area contributed by atoms with Crippen LogP contribution in [0.5, 0.6) is 11.5 Å². The molecule has 1 aliphatic rings. The zero-order chi connectivity index (χ0) is 13.0. The highest BCUT2D eigenvalue weighted by atomic mass is 35.5. The van der Waals surface area contributed by atoms with Gasteiger partial charge in [0.05, 0.1) is 14.2 Å². The van der Waals surface area contributed by atoms with E-state index in [-0.39, 0.29) is 24.8 Å². The highest BCUT2D eigenvalue weighted by Crippen LogP contribution is 2.33. The van der Waals surface area contributed by atoms with Gasteiger partial charge in [-0.2, -0.15) is 0 Å². The van der Waals surface area contributed by atoms with E-state index in [2.05, 4.69) is 17.0 Å². The Labute approximate surface area is 133 Å². The maximum Gasteiger partial charge on any atom is 0.161 e. The number of rotatable bonds is 5. The molecule has 0 spiro atoms. The van der Waals surface area contributed by atoms with Crippen molar-refractivity contribution in [1.82, 2.24) is 4.90 Å². The molecule has 0 atom stereocenters.